The molecule has 74 valence electrons. The standard InChI is InChI=1S/C13H9IO/c1-2-9-3-4-11-8-12(13(14)15)6-5-10(11)7-9/h2-8H,1H2. The molecule has 0 unspecified atom stereocenters. The van der Waals surface area contributed by atoms with E-state index in [4.69, 9.17) is 0 Å². The molecule has 0 saturated heterocycles. The molecule has 0 aliphatic heterocycles. The van der Waals surface area contributed by atoms with Gasteiger partial charge in [-0.1, -0.05) is 30.9 Å². The van der Waals surface area contributed by atoms with E-state index in [-0.39, 0.29) is 3.79 Å². The minimum Gasteiger partial charge on any atom is -0.282 e. The Hall–Kier alpha value is -1.16. The maximum atomic E-state index is 11.2. The van der Waals surface area contributed by atoms with E-state index in [0.29, 0.717) is 0 Å². The fourth-order valence-electron chi connectivity index (χ4n) is 1.51. The topological polar surface area (TPSA) is 17.1 Å². The molecule has 2 aromatic rings. The van der Waals surface area contributed by atoms with Gasteiger partial charge in [-0.15, -0.1) is 0 Å². The van der Waals surface area contributed by atoms with Crippen LogP contribution in [-0.2, 0) is 0 Å². The Morgan fingerprint density at radius 3 is 2.47 bits per heavy atom. The molecule has 1 nitrogen and oxygen atoms in total. The molecule has 0 heterocycles. The minimum absolute atomic E-state index is 0.0716. The van der Waals surface area contributed by atoms with Crippen molar-refractivity contribution in [1.82, 2.24) is 0 Å². The zero-order valence-electron chi connectivity index (χ0n) is 8.03. The number of rotatable bonds is 2. The summed E-state index contributed by atoms with van der Waals surface area (Å²) >= 11 is 1.80. The predicted octanol–water partition coefficient (Wildman–Crippen LogP) is 4.06. The molecule has 2 heteroatoms. The first-order chi connectivity index (χ1) is 7.20. The van der Waals surface area contributed by atoms with Crippen LogP contribution in [0.2, 0.25) is 0 Å². The van der Waals surface area contributed by atoms with Crippen molar-refractivity contribution in [3.05, 3.63) is 54.1 Å². The number of halogens is 1. The zero-order chi connectivity index (χ0) is 10.8. The highest BCUT2D eigenvalue weighted by atomic mass is 127. The van der Waals surface area contributed by atoms with Gasteiger partial charge in [-0.05, 0) is 34.5 Å². The Morgan fingerprint density at radius 1 is 1.13 bits per heavy atom. The van der Waals surface area contributed by atoms with Crippen LogP contribution in [0.15, 0.2) is 43.0 Å². The lowest BCUT2D eigenvalue weighted by Gasteiger charge is -2.01. The minimum atomic E-state index is 0.0716. The van der Waals surface area contributed by atoms with Crippen molar-refractivity contribution in [3.63, 3.8) is 0 Å². The molecule has 0 N–H and O–H groups in total. The summed E-state index contributed by atoms with van der Waals surface area (Å²) in [7, 11) is 0. The van der Waals surface area contributed by atoms with Gasteiger partial charge in [0.05, 0.1) is 0 Å². The Morgan fingerprint density at radius 2 is 1.80 bits per heavy atom. The maximum absolute atomic E-state index is 11.2. The van der Waals surface area contributed by atoms with Crippen molar-refractivity contribution >= 4 is 43.2 Å². The second-order valence-corrected chi connectivity index (χ2v) is 4.28. The molecular formula is C13H9IO. The third-order valence-electron chi connectivity index (χ3n) is 2.33. The van der Waals surface area contributed by atoms with Gasteiger partial charge in [0.1, 0.15) is 0 Å². The fraction of sp³-hybridized carbons (Fsp3) is 0. The molecule has 0 atom stereocenters. The SMILES string of the molecule is C=Cc1ccc2cc(C(=O)I)ccc2c1. The number of carbonyl (C=O) groups is 1. The second-order valence-electron chi connectivity index (χ2n) is 3.30. The van der Waals surface area contributed by atoms with Gasteiger partial charge in [0.15, 0.2) is 0 Å². The summed E-state index contributed by atoms with van der Waals surface area (Å²) in [6.45, 7) is 3.73. The van der Waals surface area contributed by atoms with Gasteiger partial charge in [-0.25, -0.2) is 0 Å². The summed E-state index contributed by atoms with van der Waals surface area (Å²) < 4.78 is 0.0716. The molecule has 0 saturated carbocycles. The van der Waals surface area contributed by atoms with Gasteiger partial charge in [-0.2, -0.15) is 0 Å². The van der Waals surface area contributed by atoms with Crippen LogP contribution in [0.25, 0.3) is 16.8 Å². The second kappa shape index (κ2) is 4.14. The van der Waals surface area contributed by atoms with Gasteiger partial charge >= 0.3 is 0 Å². The quantitative estimate of drug-likeness (QED) is 0.604. The van der Waals surface area contributed by atoms with Crippen molar-refractivity contribution in [2.75, 3.05) is 0 Å². The van der Waals surface area contributed by atoms with Crippen LogP contribution in [0.5, 0.6) is 0 Å². The van der Waals surface area contributed by atoms with Gasteiger partial charge < -0.3 is 0 Å². The van der Waals surface area contributed by atoms with E-state index in [1.807, 2.05) is 36.4 Å². The summed E-state index contributed by atoms with van der Waals surface area (Å²) in [6.07, 6.45) is 1.82. The molecule has 0 amide bonds. The summed E-state index contributed by atoms with van der Waals surface area (Å²) in [6, 6.07) is 11.8. The number of benzene rings is 2. The van der Waals surface area contributed by atoms with Gasteiger partial charge in [0.25, 0.3) is 0 Å². The number of carbonyl (C=O) groups excluding carboxylic acids is 1. The highest BCUT2D eigenvalue weighted by molar-refractivity contribution is 14.1. The first-order valence-electron chi connectivity index (χ1n) is 4.57. The monoisotopic (exact) mass is 308 g/mol. The average Bonchev–Trinajstić information content (AvgIpc) is 2.27. The van der Waals surface area contributed by atoms with E-state index >= 15 is 0 Å². The molecule has 0 radical (unpaired) electrons. The summed E-state index contributed by atoms with van der Waals surface area (Å²) in [5.41, 5.74) is 1.84. The van der Waals surface area contributed by atoms with E-state index in [2.05, 4.69) is 12.6 Å². The first-order valence-corrected chi connectivity index (χ1v) is 5.64. The molecule has 0 aliphatic carbocycles. The molecule has 0 bridgehead atoms. The molecule has 0 fully saturated rings. The smallest absolute Gasteiger partial charge is 0.222 e. The summed E-state index contributed by atoms with van der Waals surface area (Å²) in [4.78, 5) is 11.2. The van der Waals surface area contributed by atoms with Crippen LogP contribution in [0, 0.1) is 0 Å². The van der Waals surface area contributed by atoms with Gasteiger partial charge in [0, 0.05) is 28.2 Å². The Bertz CT molecular complexity index is 543. The predicted molar refractivity (Wildman–Crippen MR) is 72.4 cm³/mol. The lowest BCUT2D eigenvalue weighted by molar-refractivity contribution is 0.110. The molecular weight excluding hydrogens is 299 g/mol. The Balaban J connectivity index is 2.64. The van der Waals surface area contributed by atoms with Crippen molar-refractivity contribution in [3.8, 4) is 0 Å². The molecule has 2 aromatic carbocycles. The summed E-state index contributed by atoms with van der Waals surface area (Å²) in [5.74, 6) is 0. The summed E-state index contributed by atoms with van der Waals surface area (Å²) in [5, 5.41) is 2.22. The van der Waals surface area contributed by atoms with Gasteiger partial charge in [0.2, 0.25) is 3.79 Å². The highest BCUT2D eigenvalue weighted by Gasteiger charge is 2.01. The number of hydrogen-bond donors (Lipinski definition) is 0. The Labute approximate surface area is 102 Å². The molecule has 0 spiro atoms. The van der Waals surface area contributed by atoms with Crippen LogP contribution in [0.3, 0.4) is 0 Å². The fourth-order valence-corrected chi connectivity index (χ4v) is 1.85. The number of fused-ring (bicyclic) bond motifs is 1. The van der Waals surface area contributed by atoms with Crippen LogP contribution in [-0.4, -0.2) is 3.79 Å². The lowest BCUT2D eigenvalue weighted by atomic mass is 10.0. The van der Waals surface area contributed by atoms with Crippen LogP contribution < -0.4 is 0 Å². The number of hydrogen-bond acceptors (Lipinski definition) is 1. The van der Waals surface area contributed by atoms with Crippen LogP contribution >= 0.6 is 22.6 Å². The first kappa shape index (κ1) is 10.4. The third kappa shape index (κ3) is 2.09. The third-order valence-corrected chi connectivity index (χ3v) is 2.95. The zero-order valence-corrected chi connectivity index (χ0v) is 10.2. The van der Waals surface area contributed by atoms with Gasteiger partial charge in [-0.3, -0.25) is 4.79 Å². The van der Waals surface area contributed by atoms with Crippen molar-refractivity contribution < 1.29 is 4.79 Å². The highest BCUT2D eigenvalue weighted by Crippen LogP contribution is 2.19. The normalized spacial score (nSPS) is 10.2. The largest absolute Gasteiger partial charge is 0.282 e. The van der Waals surface area contributed by atoms with E-state index in [9.17, 15) is 4.79 Å². The molecule has 15 heavy (non-hydrogen) atoms. The maximum Gasteiger partial charge on any atom is 0.222 e. The van der Waals surface area contributed by atoms with E-state index in [1.54, 1.807) is 22.6 Å². The molecule has 0 aromatic heterocycles. The Kier molecular flexibility index (Phi) is 2.86. The molecule has 0 aliphatic rings. The average molecular weight is 308 g/mol. The lowest BCUT2D eigenvalue weighted by Crippen LogP contribution is -1.87. The van der Waals surface area contributed by atoms with E-state index in [0.717, 1.165) is 21.9 Å². The van der Waals surface area contributed by atoms with Crippen molar-refractivity contribution in [2.24, 2.45) is 0 Å². The van der Waals surface area contributed by atoms with Crippen LogP contribution in [0.4, 0.5) is 0 Å². The molecule has 2 rings (SSSR count). The van der Waals surface area contributed by atoms with E-state index < -0.39 is 0 Å². The van der Waals surface area contributed by atoms with E-state index in [1.165, 1.54) is 0 Å². The van der Waals surface area contributed by atoms with Crippen LogP contribution in [0.1, 0.15) is 15.9 Å². The van der Waals surface area contributed by atoms with Crippen molar-refractivity contribution in [2.45, 2.75) is 0 Å². The van der Waals surface area contributed by atoms with Crippen molar-refractivity contribution in [1.29, 1.82) is 0 Å².